The number of ether oxygens (including phenoxy) is 1. The zero-order valence-corrected chi connectivity index (χ0v) is 14.2. The first-order valence-electron chi connectivity index (χ1n) is 6.86. The maximum Gasteiger partial charge on any atom is 0.410 e. The van der Waals surface area contributed by atoms with Crippen molar-refractivity contribution in [1.29, 1.82) is 0 Å². The molecule has 0 aliphatic rings. The first kappa shape index (κ1) is 19.2. The molecule has 0 bridgehead atoms. The fourth-order valence-corrected chi connectivity index (χ4v) is 2.17. The second kappa shape index (κ2) is 8.14. The molecule has 5 nitrogen and oxygen atoms in total. The molecule has 0 saturated heterocycles. The smallest absolute Gasteiger partial charge is 0.410 e. The van der Waals surface area contributed by atoms with Crippen LogP contribution in [0.1, 0.15) is 20.8 Å². The van der Waals surface area contributed by atoms with Crippen LogP contribution in [-0.4, -0.2) is 41.9 Å². The lowest BCUT2D eigenvalue weighted by atomic mass is 10.2. The molecule has 0 saturated carbocycles. The molecule has 2 amide bonds. The Hall–Kier alpha value is -1.83. The van der Waals surface area contributed by atoms with E-state index in [0.717, 1.165) is 4.90 Å². The lowest BCUT2D eigenvalue weighted by Crippen LogP contribution is -2.38. The number of benzene rings is 1. The molecule has 1 aromatic carbocycles. The number of likely N-dealkylation sites (N-methyl/N-ethyl adjacent to an activating group) is 1. The predicted octanol–water partition coefficient (Wildman–Crippen LogP) is 3.81. The molecule has 1 N–H and O–H groups in total. The van der Waals surface area contributed by atoms with E-state index in [1.165, 1.54) is 19.2 Å². The number of carbonyl (C=O) groups is 2. The van der Waals surface area contributed by atoms with Gasteiger partial charge in [0.05, 0.1) is 5.69 Å². The second-order valence-corrected chi connectivity index (χ2v) is 6.79. The van der Waals surface area contributed by atoms with E-state index >= 15 is 0 Å². The van der Waals surface area contributed by atoms with Crippen LogP contribution in [0.15, 0.2) is 29.2 Å². The minimum atomic E-state index is -2.59. The van der Waals surface area contributed by atoms with Gasteiger partial charge in [0.2, 0.25) is 5.91 Å². The van der Waals surface area contributed by atoms with Gasteiger partial charge >= 0.3 is 6.09 Å². The van der Waals surface area contributed by atoms with Crippen LogP contribution in [0.3, 0.4) is 0 Å². The lowest BCUT2D eigenvalue weighted by molar-refractivity contribution is -0.117. The van der Waals surface area contributed by atoms with Crippen molar-refractivity contribution in [2.75, 3.05) is 18.9 Å². The normalized spacial score (nSPS) is 11.3. The second-order valence-electron chi connectivity index (χ2n) is 5.76. The van der Waals surface area contributed by atoms with Gasteiger partial charge in [-0.3, -0.25) is 4.79 Å². The predicted molar refractivity (Wildman–Crippen MR) is 85.8 cm³/mol. The van der Waals surface area contributed by atoms with Crippen molar-refractivity contribution in [2.45, 2.75) is 37.0 Å². The number of halogens is 2. The molecule has 1 aromatic rings. The van der Waals surface area contributed by atoms with Crippen molar-refractivity contribution in [3.8, 4) is 0 Å². The number of carbonyl (C=O) groups excluding carboxylic acids is 2. The Labute approximate surface area is 138 Å². The minimum Gasteiger partial charge on any atom is -0.444 e. The summed E-state index contributed by atoms with van der Waals surface area (Å²) >= 11 is 0.347. The fraction of sp³-hybridized carbons (Fsp3) is 0.467. The maximum absolute atomic E-state index is 12.5. The number of hydrogen-bond acceptors (Lipinski definition) is 4. The third-order valence-corrected chi connectivity index (χ3v) is 3.25. The molecule has 8 heteroatoms. The Bertz CT molecular complexity index is 562. The van der Waals surface area contributed by atoms with E-state index in [1.54, 1.807) is 32.9 Å². The molecule has 0 radical (unpaired) electrons. The molecule has 0 aliphatic heterocycles. The summed E-state index contributed by atoms with van der Waals surface area (Å²) in [6.45, 7) is 4.91. The number of anilines is 1. The quantitative estimate of drug-likeness (QED) is 0.824. The summed E-state index contributed by atoms with van der Waals surface area (Å²) in [5, 5.41) is 2.52. The van der Waals surface area contributed by atoms with E-state index in [9.17, 15) is 18.4 Å². The average Bonchev–Trinajstić information content (AvgIpc) is 2.38. The topological polar surface area (TPSA) is 58.6 Å². The average molecular weight is 346 g/mol. The molecule has 0 spiro atoms. The van der Waals surface area contributed by atoms with Crippen LogP contribution >= 0.6 is 11.8 Å². The molecule has 0 unspecified atom stereocenters. The number of alkyl halides is 2. The van der Waals surface area contributed by atoms with E-state index in [1.807, 2.05) is 0 Å². The number of rotatable bonds is 5. The molecule has 23 heavy (non-hydrogen) atoms. The zero-order valence-electron chi connectivity index (χ0n) is 13.4. The molecule has 128 valence electrons. The molecule has 0 heterocycles. The molecule has 1 rings (SSSR count). The highest BCUT2D eigenvalue weighted by Crippen LogP contribution is 2.31. The highest BCUT2D eigenvalue weighted by Gasteiger charge is 2.21. The highest BCUT2D eigenvalue weighted by molar-refractivity contribution is 7.99. The highest BCUT2D eigenvalue weighted by atomic mass is 32.2. The van der Waals surface area contributed by atoms with E-state index in [-0.39, 0.29) is 17.1 Å². The fourth-order valence-electron chi connectivity index (χ4n) is 1.58. The summed E-state index contributed by atoms with van der Waals surface area (Å²) in [6, 6.07) is 6.25. The Morgan fingerprint density at radius 3 is 2.48 bits per heavy atom. The van der Waals surface area contributed by atoms with Crippen LogP contribution in [0.2, 0.25) is 0 Å². The third kappa shape index (κ3) is 7.32. The third-order valence-electron chi connectivity index (χ3n) is 2.46. The van der Waals surface area contributed by atoms with E-state index in [2.05, 4.69) is 5.32 Å². The number of para-hydroxylation sites is 1. The van der Waals surface area contributed by atoms with Gasteiger partial charge in [0.15, 0.2) is 0 Å². The van der Waals surface area contributed by atoms with Crippen molar-refractivity contribution in [2.24, 2.45) is 0 Å². The summed E-state index contributed by atoms with van der Waals surface area (Å²) in [4.78, 5) is 25.1. The molecular formula is C15H20F2N2O3S. The lowest BCUT2D eigenvalue weighted by Gasteiger charge is -2.24. The van der Waals surface area contributed by atoms with Crippen LogP contribution in [-0.2, 0) is 9.53 Å². The monoisotopic (exact) mass is 346 g/mol. The maximum atomic E-state index is 12.5. The molecule has 0 aliphatic carbocycles. The van der Waals surface area contributed by atoms with Crippen LogP contribution in [0, 0.1) is 0 Å². The minimum absolute atomic E-state index is 0.247. The molecule has 0 fully saturated rings. The van der Waals surface area contributed by atoms with Crippen molar-refractivity contribution in [1.82, 2.24) is 4.90 Å². The largest absolute Gasteiger partial charge is 0.444 e. The van der Waals surface area contributed by atoms with Gasteiger partial charge in [-0.25, -0.2) is 4.79 Å². The van der Waals surface area contributed by atoms with Crippen LogP contribution in [0.5, 0.6) is 0 Å². The molecule has 0 aromatic heterocycles. The van der Waals surface area contributed by atoms with Gasteiger partial charge in [-0.2, -0.15) is 8.78 Å². The van der Waals surface area contributed by atoms with E-state index < -0.39 is 23.4 Å². The van der Waals surface area contributed by atoms with Gasteiger partial charge in [0.25, 0.3) is 5.76 Å². The van der Waals surface area contributed by atoms with Crippen LogP contribution in [0.4, 0.5) is 19.3 Å². The standard InChI is InChI=1S/C15H20F2N2O3S/c1-15(2,3)22-14(21)19(4)9-12(20)18-10-7-5-6-8-11(10)23-13(16)17/h5-8,13H,9H2,1-4H3,(H,18,20). The van der Waals surface area contributed by atoms with Crippen LogP contribution in [0.25, 0.3) is 0 Å². The number of nitrogens with one attached hydrogen (secondary N) is 1. The van der Waals surface area contributed by atoms with Gasteiger partial charge in [0.1, 0.15) is 12.1 Å². The van der Waals surface area contributed by atoms with Crippen LogP contribution < -0.4 is 5.32 Å². The Morgan fingerprint density at radius 2 is 1.91 bits per heavy atom. The van der Waals surface area contributed by atoms with Gasteiger partial charge in [0, 0.05) is 11.9 Å². The number of thioether (sulfide) groups is 1. The van der Waals surface area contributed by atoms with E-state index in [0.29, 0.717) is 11.8 Å². The van der Waals surface area contributed by atoms with Crippen molar-refractivity contribution in [3.63, 3.8) is 0 Å². The van der Waals surface area contributed by atoms with E-state index in [4.69, 9.17) is 4.74 Å². The summed E-state index contributed by atoms with van der Waals surface area (Å²) in [6.07, 6.45) is -0.636. The Kier molecular flexibility index (Phi) is 6.80. The summed E-state index contributed by atoms with van der Waals surface area (Å²) in [5.74, 6) is -3.09. The first-order valence-corrected chi connectivity index (χ1v) is 7.74. The van der Waals surface area contributed by atoms with Crippen molar-refractivity contribution in [3.05, 3.63) is 24.3 Å². The van der Waals surface area contributed by atoms with Gasteiger partial charge in [-0.15, -0.1) is 0 Å². The first-order chi connectivity index (χ1) is 10.6. The number of nitrogens with zero attached hydrogens (tertiary/aromatic N) is 1. The molecule has 0 atom stereocenters. The summed E-state index contributed by atoms with van der Waals surface area (Å²) in [7, 11) is 1.42. The summed E-state index contributed by atoms with van der Waals surface area (Å²) < 4.78 is 30.1. The number of amides is 2. The van der Waals surface area contributed by atoms with Crippen molar-refractivity contribution < 1.29 is 23.1 Å². The zero-order chi connectivity index (χ0) is 17.6. The number of hydrogen-bond donors (Lipinski definition) is 1. The SMILES string of the molecule is CN(CC(=O)Nc1ccccc1SC(F)F)C(=O)OC(C)(C)C. The van der Waals surface area contributed by atoms with Gasteiger partial charge in [-0.05, 0) is 32.9 Å². The van der Waals surface area contributed by atoms with Crippen molar-refractivity contribution >= 4 is 29.4 Å². The Morgan fingerprint density at radius 1 is 1.30 bits per heavy atom. The molecular weight excluding hydrogens is 326 g/mol. The van der Waals surface area contributed by atoms with Gasteiger partial charge < -0.3 is 15.0 Å². The summed E-state index contributed by atoms with van der Waals surface area (Å²) in [5.41, 5.74) is -0.386. The van der Waals surface area contributed by atoms with Gasteiger partial charge in [-0.1, -0.05) is 23.9 Å². The Balaban J connectivity index is 2.65.